The minimum absolute atomic E-state index is 0.107. The van der Waals surface area contributed by atoms with Crippen molar-refractivity contribution in [2.24, 2.45) is 0 Å². The average molecular weight is 631 g/mol. The van der Waals surface area contributed by atoms with E-state index in [1.807, 2.05) is 0 Å². The maximum Gasteiger partial charge on any atom is 0.123 e. The minimum atomic E-state index is -0.163. The normalized spacial score (nSPS) is 12.9. The van der Waals surface area contributed by atoms with Crippen molar-refractivity contribution in [3.8, 4) is 5.75 Å². The van der Waals surface area contributed by atoms with E-state index in [4.69, 9.17) is 0 Å². The smallest absolute Gasteiger partial charge is 0.123 e. The summed E-state index contributed by atoms with van der Waals surface area (Å²) in [5, 5.41) is 11.5. The van der Waals surface area contributed by atoms with Gasteiger partial charge in [-0.15, -0.1) is 0 Å². The maximum atomic E-state index is 11.5. The molecule has 252 valence electrons. The molecule has 0 radical (unpaired) electrons. The summed E-state index contributed by atoms with van der Waals surface area (Å²) in [4.78, 5) is 0. The van der Waals surface area contributed by atoms with Crippen molar-refractivity contribution in [3.05, 3.63) is 133 Å². The van der Waals surface area contributed by atoms with Crippen molar-refractivity contribution in [1.82, 2.24) is 0 Å². The molecule has 0 unspecified atom stereocenters. The molecule has 0 saturated carbocycles. The van der Waals surface area contributed by atoms with Crippen molar-refractivity contribution in [2.45, 2.75) is 145 Å². The van der Waals surface area contributed by atoms with E-state index in [2.05, 4.69) is 165 Å². The maximum absolute atomic E-state index is 11.5. The van der Waals surface area contributed by atoms with Gasteiger partial charge < -0.3 is 5.11 Å². The third-order valence-corrected chi connectivity index (χ3v) is 10.2. The lowest BCUT2D eigenvalue weighted by Crippen LogP contribution is -2.18. The van der Waals surface area contributed by atoms with Crippen LogP contribution in [0.5, 0.6) is 5.75 Å². The Morgan fingerprint density at radius 2 is 0.745 bits per heavy atom. The lowest BCUT2D eigenvalue weighted by atomic mass is 9.76. The molecule has 0 aliphatic rings. The second kappa shape index (κ2) is 12.9. The molecule has 0 bridgehead atoms. The Balaban J connectivity index is 1.95. The first kappa shape index (κ1) is 36.5. The summed E-state index contributed by atoms with van der Waals surface area (Å²) < 4.78 is 0. The van der Waals surface area contributed by atoms with Crippen LogP contribution in [0.15, 0.2) is 60.7 Å². The highest BCUT2D eigenvalue weighted by Crippen LogP contribution is 2.41. The molecule has 0 aromatic heterocycles. The highest BCUT2D eigenvalue weighted by molar-refractivity contribution is 5.57. The Bertz CT molecular complexity index is 1630. The van der Waals surface area contributed by atoms with Crippen LogP contribution >= 0.6 is 0 Å². The van der Waals surface area contributed by atoms with Crippen molar-refractivity contribution in [2.75, 3.05) is 0 Å². The van der Waals surface area contributed by atoms with Gasteiger partial charge in [0.1, 0.15) is 5.75 Å². The van der Waals surface area contributed by atoms with Gasteiger partial charge in [0.25, 0.3) is 0 Å². The number of hydrogen-bond acceptors (Lipinski definition) is 1. The van der Waals surface area contributed by atoms with Crippen LogP contribution in [-0.2, 0) is 40.9 Å². The van der Waals surface area contributed by atoms with E-state index >= 15 is 0 Å². The first-order valence-electron chi connectivity index (χ1n) is 17.6. The molecule has 0 saturated heterocycles. The summed E-state index contributed by atoms with van der Waals surface area (Å²) in [5.74, 6) is 0.449. The summed E-state index contributed by atoms with van der Waals surface area (Å²) in [6.07, 6.45) is 2.67. The van der Waals surface area contributed by atoms with Gasteiger partial charge in [-0.3, -0.25) is 0 Å². The van der Waals surface area contributed by atoms with Gasteiger partial charge in [-0.25, -0.2) is 0 Å². The molecule has 4 aromatic rings. The summed E-state index contributed by atoms with van der Waals surface area (Å²) in [7, 11) is 0. The molecular weight excluding hydrogens is 569 g/mol. The van der Waals surface area contributed by atoms with E-state index in [1.54, 1.807) is 0 Å². The average Bonchev–Trinajstić information content (AvgIpc) is 2.94. The predicted molar refractivity (Wildman–Crippen MR) is 205 cm³/mol. The number of phenolic OH excluding ortho intramolecular Hbond substituents is 1. The Hall–Kier alpha value is -3.32. The fourth-order valence-electron chi connectivity index (χ4n) is 7.03. The zero-order valence-electron chi connectivity index (χ0n) is 32.3. The van der Waals surface area contributed by atoms with Crippen LogP contribution in [0.25, 0.3) is 0 Å². The zero-order valence-corrected chi connectivity index (χ0v) is 32.3. The fraction of sp³-hybridized carbons (Fsp3) is 0.478. The minimum Gasteiger partial charge on any atom is -0.507 e. The molecule has 47 heavy (non-hydrogen) atoms. The fourth-order valence-corrected chi connectivity index (χ4v) is 7.03. The van der Waals surface area contributed by atoms with Crippen LogP contribution in [0.3, 0.4) is 0 Å². The van der Waals surface area contributed by atoms with Crippen molar-refractivity contribution >= 4 is 0 Å². The van der Waals surface area contributed by atoms with Crippen LogP contribution in [0.2, 0.25) is 0 Å². The Kier molecular flexibility index (Phi) is 10.1. The molecule has 0 fully saturated rings. The van der Waals surface area contributed by atoms with Gasteiger partial charge in [-0.2, -0.15) is 0 Å². The van der Waals surface area contributed by atoms with Gasteiger partial charge >= 0.3 is 0 Å². The van der Waals surface area contributed by atoms with Gasteiger partial charge in [-0.05, 0) is 134 Å². The monoisotopic (exact) mass is 630 g/mol. The predicted octanol–water partition coefficient (Wildman–Crippen LogP) is 12.3. The standard InChI is InChI=1S/C46H62O/c1-29-37(24-32-18-16-20-35(22-32)43(4,5)6)30(2)39(31(3)38(29)25-33-19-17-21-36(23-33)44(7,8)9)26-34-27-40(45(10,11)12)42(47)41(28-34)46(13,14)15/h16-23,27-28,47H,24-26H2,1-15H3. The molecular formula is C46H62O. The van der Waals surface area contributed by atoms with Crippen LogP contribution in [-0.4, -0.2) is 5.11 Å². The van der Waals surface area contributed by atoms with Crippen LogP contribution < -0.4 is 0 Å². The third-order valence-electron chi connectivity index (χ3n) is 10.2. The van der Waals surface area contributed by atoms with Crippen LogP contribution in [0, 0.1) is 20.8 Å². The Morgan fingerprint density at radius 1 is 0.426 bits per heavy atom. The van der Waals surface area contributed by atoms with E-state index in [-0.39, 0.29) is 21.7 Å². The molecule has 0 aliphatic carbocycles. The molecule has 4 rings (SSSR count). The van der Waals surface area contributed by atoms with E-state index in [1.165, 1.54) is 61.2 Å². The Labute approximate surface area is 287 Å². The first-order valence-corrected chi connectivity index (χ1v) is 17.6. The molecule has 0 amide bonds. The van der Waals surface area contributed by atoms with E-state index in [0.717, 1.165) is 30.4 Å². The number of phenols is 1. The molecule has 4 aromatic carbocycles. The third kappa shape index (κ3) is 8.22. The van der Waals surface area contributed by atoms with Gasteiger partial charge in [0.2, 0.25) is 0 Å². The molecule has 0 heterocycles. The van der Waals surface area contributed by atoms with Crippen molar-refractivity contribution in [3.63, 3.8) is 0 Å². The van der Waals surface area contributed by atoms with E-state index in [0.29, 0.717) is 5.75 Å². The van der Waals surface area contributed by atoms with Gasteiger partial charge in [0, 0.05) is 0 Å². The van der Waals surface area contributed by atoms with Gasteiger partial charge in [0.05, 0.1) is 0 Å². The quantitative estimate of drug-likeness (QED) is 0.225. The van der Waals surface area contributed by atoms with Gasteiger partial charge in [-0.1, -0.05) is 144 Å². The molecule has 0 spiro atoms. The SMILES string of the molecule is Cc1c(Cc2cccc(C(C)(C)C)c2)c(C)c(Cc2cc(C(C)(C)C)c(O)c(C(C)(C)C)c2)c(C)c1Cc1cccc(C(C)(C)C)c1. The highest BCUT2D eigenvalue weighted by atomic mass is 16.3. The number of rotatable bonds is 6. The lowest BCUT2D eigenvalue weighted by molar-refractivity contribution is 0.423. The summed E-state index contributed by atoms with van der Waals surface area (Å²) in [6.45, 7) is 34.0. The Morgan fingerprint density at radius 3 is 1.04 bits per heavy atom. The first-order chi connectivity index (χ1) is 21.5. The van der Waals surface area contributed by atoms with E-state index in [9.17, 15) is 5.11 Å². The number of aromatic hydroxyl groups is 1. The topological polar surface area (TPSA) is 20.2 Å². The highest BCUT2D eigenvalue weighted by Gasteiger charge is 2.28. The summed E-state index contributed by atoms with van der Waals surface area (Å²) >= 11 is 0. The van der Waals surface area contributed by atoms with Crippen LogP contribution in [0.1, 0.15) is 155 Å². The molecule has 0 aliphatic heterocycles. The largest absolute Gasteiger partial charge is 0.507 e. The number of hydrogen-bond donors (Lipinski definition) is 1. The molecule has 1 heteroatoms. The summed E-state index contributed by atoms with van der Waals surface area (Å²) in [5.41, 5.74) is 17.3. The van der Waals surface area contributed by atoms with E-state index < -0.39 is 0 Å². The van der Waals surface area contributed by atoms with Gasteiger partial charge in [0.15, 0.2) is 0 Å². The lowest BCUT2D eigenvalue weighted by Gasteiger charge is -2.29. The van der Waals surface area contributed by atoms with Crippen molar-refractivity contribution < 1.29 is 5.11 Å². The molecule has 1 nitrogen and oxygen atoms in total. The second-order valence-corrected chi connectivity index (χ2v) is 18.3. The number of benzene rings is 4. The second-order valence-electron chi connectivity index (χ2n) is 18.3. The summed E-state index contributed by atoms with van der Waals surface area (Å²) in [6, 6.07) is 22.9. The van der Waals surface area contributed by atoms with Crippen molar-refractivity contribution in [1.29, 1.82) is 0 Å². The van der Waals surface area contributed by atoms with Crippen LogP contribution in [0.4, 0.5) is 0 Å². The molecule has 1 N–H and O–H groups in total. The zero-order chi connectivity index (χ0) is 35.3. The molecule has 0 atom stereocenters.